The molecule has 0 saturated heterocycles. The summed E-state index contributed by atoms with van der Waals surface area (Å²) >= 11 is 3.47. The van der Waals surface area contributed by atoms with Crippen LogP contribution in [0.4, 0.5) is 0 Å². The number of hydrogen-bond donors (Lipinski definition) is 1. The van der Waals surface area contributed by atoms with Crippen LogP contribution in [0, 0.1) is 11.8 Å². The van der Waals surface area contributed by atoms with Gasteiger partial charge in [-0.3, -0.25) is 4.98 Å². The number of benzene rings is 1. The second kappa shape index (κ2) is 8.34. The highest BCUT2D eigenvalue weighted by Gasteiger charge is 2.23. The van der Waals surface area contributed by atoms with Crippen molar-refractivity contribution in [2.24, 2.45) is 11.8 Å². The molecule has 0 amide bonds. The Bertz CT molecular complexity index is 777. The van der Waals surface area contributed by atoms with Crippen molar-refractivity contribution >= 4 is 21.9 Å². The van der Waals surface area contributed by atoms with Crippen LogP contribution in [-0.4, -0.2) is 16.1 Å². The van der Waals surface area contributed by atoms with Gasteiger partial charge >= 0.3 is 5.97 Å². The summed E-state index contributed by atoms with van der Waals surface area (Å²) < 4.78 is 1.01. The van der Waals surface area contributed by atoms with Crippen LogP contribution in [0.1, 0.15) is 61.3 Å². The van der Waals surface area contributed by atoms with Gasteiger partial charge in [-0.15, -0.1) is 0 Å². The van der Waals surface area contributed by atoms with E-state index in [1.54, 1.807) is 0 Å². The van der Waals surface area contributed by atoms with Gasteiger partial charge in [-0.05, 0) is 48.4 Å². The lowest BCUT2D eigenvalue weighted by Gasteiger charge is -2.17. The smallest absolute Gasteiger partial charge is 0.337 e. The van der Waals surface area contributed by atoms with Gasteiger partial charge in [0.25, 0.3) is 0 Å². The summed E-state index contributed by atoms with van der Waals surface area (Å²) in [5.41, 5.74) is 4.11. The molecule has 1 N–H and O–H groups in total. The SMILES string of the molecule is CC(C)Cc1nc(CC2CCCC2)c(C(=O)O)cc1-c1ccc(Br)cc1. The summed E-state index contributed by atoms with van der Waals surface area (Å²) in [4.78, 5) is 16.8. The monoisotopic (exact) mass is 415 g/mol. The van der Waals surface area contributed by atoms with Crippen molar-refractivity contribution in [3.05, 3.63) is 51.8 Å². The van der Waals surface area contributed by atoms with Crippen molar-refractivity contribution in [3.63, 3.8) is 0 Å². The summed E-state index contributed by atoms with van der Waals surface area (Å²) in [6.45, 7) is 4.35. The Labute approximate surface area is 164 Å². The summed E-state index contributed by atoms with van der Waals surface area (Å²) in [5, 5.41) is 9.78. The molecule has 1 heterocycles. The predicted molar refractivity (Wildman–Crippen MR) is 109 cm³/mol. The van der Waals surface area contributed by atoms with E-state index in [1.165, 1.54) is 25.7 Å². The summed E-state index contributed by atoms with van der Waals surface area (Å²) in [6, 6.07) is 9.86. The quantitative estimate of drug-likeness (QED) is 0.615. The van der Waals surface area contributed by atoms with Crippen molar-refractivity contribution in [2.45, 2.75) is 52.4 Å². The molecule has 1 fully saturated rings. The Morgan fingerprint density at radius 3 is 2.42 bits per heavy atom. The maximum absolute atomic E-state index is 11.9. The minimum absolute atomic E-state index is 0.363. The van der Waals surface area contributed by atoms with Crippen molar-refractivity contribution < 1.29 is 9.90 Å². The van der Waals surface area contributed by atoms with E-state index in [0.717, 1.165) is 39.8 Å². The van der Waals surface area contributed by atoms with Gasteiger partial charge < -0.3 is 5.11 Å². The molecule has 26 heavy (non-hydrogen) atoms. The predicted octanol–water partition coefficient (Wildman–Crippen LogP) is 6.14. The highest BCUT2D eigenvalue weighted by Crippen LogP contribution is 2.32. The van der Waals surface area contributed by atoms with Crippen LogP contribution in [0.5, 0.6) is 0 Å². The number of carboxylic acids is 1. The number of halogens is 1. The fourth-order valence-corrected chi connectivity index (χ4v) is 4.11. The molecule has 1 saturated carbocycles. The van der Waals surface area contributed by atoms with Gasteiger partial charge in [0.2, 0.25) is 0 Å². The number of aromatic nitrogens is 1. The molecule has 138 valence electrons. The van der Waals surface area contributed by atoms with E-state index in [0.29, 0.717) is 17.4 Å². The van der Waals surface area contributed by atoms with Crippen LogP contribution in [0.2, 0.25) is 0 Å². The third-order valence-electron chi connectivity index (χ3n) is 5.12. The van der Waals surface area contributed by atoms with Gasteiger partial charge in [0.05, 0.1) is 11.3 Å². The molecule has 2 aromatic rings. The standard InChI is InChI=1S/C22H26BrNO2/c1-14(2)11-20-18(16-7-9-17(23)10-8-16)13-19(22(25)26)21(24-20)12-15-5-3-4-6-15/h7-10,13-15H,3-6,11-12H2,1-2H3,(H,25,26). The minimum atomic E-state index is -0.875. The van der Waals surface area contributed by atoms with E-state index >= 15 is 0 Å². The maximum atomic E-state index is 11.9. The molecular formula is C22H26BrNO2. The van der Waals surface area contributed by atoms with E-state index < -0.39 is 5.97 Å². The van der Waals surface area contributed by atoms with E-state index in [2.05, 4.69) is 29.8 Å². The normalized spacial score (nSPS) is 14.9. The first-order valence-corrected chi connectivity index (χ1v) is 10.3. The second-order valence-corrected chi connectivity index (χ2v) is 8.66. The third kappa shape index (κ3) is 4.53. The van der Waals surface area contributed by atoms with Crippen molar-refractivity contribution in [3.8, 4) is 11.1 Å². The van der Waals surface area contributed by atoms with E-state index in [-0.39, 0.29) is 0 Å². The van der Waals surface area contributed by atoms with Crippen LogP contribution >= 0.6 is 15.9 Å². The fourth-order valence-electron chi connectivity index (χ4n) is 3.84. The zero-order valence-corrected chi connectivity index (χ0v) is 17.1. The highest BCUT2D eigenvalue weighted by molar-refractivity contribution is 9.10. The number of carbonyl (C=O) groups is 1. The Hall–Kier alpha value is -1.68. The van der Waals surface area contributed by atoms with Gasteiger partial charge in [-0.25, -0.2) is 4.79 Å². The molecule has 0 bridgehead atoms. The first-order chi connectivity index (χ1) is 12.4. The summed E-state index contributed by atoms with van der Waals surface area (Å²) in [6.07, 6.45) is 6.52. The summed E-state index contributed by atoms with van der Waals surface area (Å²) in [5.74, 6) is 0.165. The number of hydrogen-bond acceptors (Lipinski definition) is 2. The average molecular weight is 416 g/mol. The number of carboxylic acid groups (broad SMARTS) is 1. The molecule has 0 atom stereocenters. The van der Waals surface area contributed by atoms with Crippen molar-refractivity contribution in [2.75, 3.05) is 0 Å². The zero-order chi connectivity index (χ0) is 18.7. The van der Waals surface area contributed by atoms with Crippen LogP contribution in [0.25, 0.3) is 11.1 Å². The lowest BCUT2D eigenvalue weighted by atomic mass is 9.92. The molecule has 0 aliphatic heterocycles. The number of pyridine rings is 1. The van der Waals surface area contributed by atoms with Gasteiger partial charge in [-0.2, -0.15) is 0 Å². The largest absolute Gasteiger partial charge is 0.478 e. The van der Waals surface area contributed by atoms with E-state index in [9.17, 15) is 9.90 Å². The Morgan fingerprint density at radius 1 is 1.19 bits per heavy atom. The Morgan fingerprint density at radius 2 is 1.85 bits per heavy atom. The average Bonchev–Trinajstić information content (AvgIpc) is 3.08. The van der Waals surface area contributed by atoms with Crippen LogP contribution in [-0.2, 0) is 12.8 Å². The third-order valence-corrected chi connectivity index (χ3v) is 5.65. The topological polar surface area (TPSA) is 50.2 Å². The molecule has 4 heteroatoms. The minimum Gasteiger partial charge on any atom is -0.478 e. The van der Waals surface area contributed by atoms with Gasteiger partial charge in [0.15, 0.2) is 0 Å². The first kappa shape index (κ1) is 19.1. The van der Waals surface area contributed by atoms with Crippen LogP contribution < -0.4 is 0 Å². The number of nitrogens with zero attached hydrogens (tertiary/aromatic N) is 1. The van der Waals surface area contributed by atoms with Crippen LogP contribution in [0.15, 0.2) is 34.8 Å². The fraction of sp³-hybridized carbons (Fsp3) is 0.455. The zero-order valence-electron chi connectivity index (χ0n) is 15.5. The first-order valence-electron chi connectivity index (χ1n) is 9.46. The lowest BCUT2D eigenvalue weighted by molar-refractivity contribution is 0.0695. The van der Waals surface area contributed by atoms with Gasteiger partial charge in [0, 0.05) is 15.7 Å². The molecular weight excluding hydrogens is 390 g/mol. The molecule has 3 rings (SSSR count). The molecule has 1 aromatic heterocycles. The van der Waals surface area contributed by atoms with Gasteiger partial charge in [0.1, 0.15) is 0 Å². The summed E-state index contributed by atoms with van der Waals surface area (Å²) in [7, 11) is 0. The van der Waals surface area contributed by atoms with E-state index in [4.69, 9.17) is 4.98 Å². The molecule has 0 unspecified atom stereocenters. The van der Waals surface area contributed by atoms with Crippen molar-refractivity contribution in [1.29, 1.82) is 0 Å². The Balaban J connectivity index is 2.07. The molecule has 1 aliphatic carbocycles. The molecule has 1 aromatic carbocycles. The lowest BCUT2D eigenvalue weighted by Crippen LogP contribution is -2.13. The molecule has 3 nitrogen and oxygen atoms in total. The number of rotatable bonds is 6. The van der Waals surface area contributed by atoms with Crippen LogP contribution in [0.3, 0.4) is 0 Å². The van der Waals surface area contributed by atoms with Crippen molar-refractivity contribution in [1.82, 2.24) is 4.98 Å². The van der Waals surface area contributed by atoms with Gasteiger partial charge in [-0.1, -0.05) is 67.6 Å². The van der Waals surface area contributed by atoms with E-state index in [1.807, 2.05) is 30.3 Å². The maximum Gasteiger partial charge on any atom is 0.337 e. The second-order valence-electron chi connectivity index (χ2n) is 7.74. The molecule has 0 spiro atoms. The highest BCUT2D eigenvalue weighted by atomic mass is 79.9. The Kier molecular flexibility index (Phi) is 6.13. The molecule has 0 radical (unpaired) electrons. The molecule has 1 aliphatic rings. The number of aromatic carboxylic acids is 1.